The number of carbonyl (C=O) groups excluding carboxylic acids is 1. The van der Waals surface area contributed by atoms with E-state index >= 15 is 0 Å². The fourth-order valence-corrected chi connectivity index (χ4v) is 6.04. The second-order valence-corrected chi connectivity index (χ2v) is 11.6. The fourth-order valence-electron chi connectivity index (χ4n) is 6.04. The van der Waals surface area contributed by atoms with Crippen molar-refractivity contribution >= 4 is 13.9 Å². The molecule has 3 atom stereocenters. The highest BCUT2D eigenvalue weighted by molar-refractivity contribution is 6.04. The number of carbonyl (C=O) groups is 1. The number of aromatic nitrogens is 4. The molecule has 4 aromatic rings. The number of nitrogens with two attached hydrogens (primary N) is 1. The summed E-state index contributed by atoms with van der Waals surface area (Å²) in [5.41, 5.74) is 12.7. The third-order valence-corrected chi connectivity index (χ3v) is 8.61. The first-order valence-electron chi connectivity index (χ1n) is 14.5. The maximum atomic E-state index is 12.9. The summed E-state index contributed by atoms with van der Waals surface area (Å²) in [5, 5.41) is 0. The van der Waals surface area contributed by atoms with Crippen LogP contribution in [0.4, 0.5) is 0 Å². The number of benzene rings is 2. The molecule has 9 heteroatoms. The molecule has 206 valence electrons. The van der Waals surface area contributed by atoms with Crippen molar-refractivity contribution in [2.45, 2.75) is 57.7 Å². The van der Waals surface area contributed by atoms with Gasteiger partial charge in [0.05, 0.1) is 41.9 Å². The number of likely N-dealkylation sites (tertiary alicyclic amines) is 1. The normalized spacial score (nSPS) is 20.4. The van der Waals surface area contributed by atoms with Crippen molar-refractivity contribution in [3.8, 4) is 33.6 Å². The van der Waals surface area contributed by atoms with Crippen LogP contribution < -0.4 is 5.73 Å². The van der Waals surface area contributed by atoms with Crippen LogP contribution in [0.15, 0.2) is 60.9 Å². The number of imidazole rings is 2. The number of amides is 1. The minimum absolute atomic E-state index is 0.0141. The molecule has 8 nitrogen and oxygen atoms in total. The first-order valence-corrected chi connectivity index (χ1v) is 14.5. The van der Waals surface area contributed by atoms with E-state index in [0.29, 0.717) is 6.04 Å². The van der Waals surface area contributed by atoms with E-state index in [1.807, 2.05) is 31.1 Å². The molecule has 40 heavy (non-hydrogen) atoms. The predicted octanol–water partition coefficient (Wildman–Crippen LogP) is 4.47. The van der Waals surface area contributed by atoms with E-state index < -0.39 is 6.04 Å². The summed E-state index contributed by atoms with van der Waals surface area (Å²) in [5.74, 6) is 2.01. The summed E-state index contributed by atoms with van der Waals surface area (Å²) in [6, 6.07) is 17.0. The number of aromatic amines is 2. The second kappa shape index (κ2) is 11.1. The number of H-pyrrole nitrogens is 2. The lowest BCUT2D eigenvalue weighted by Gasteiger charge is -2.27. The van der Waals surface area contributed by atoms with E-state index in [1.54, 1.807) is 0 Å². The molecule has 0 aliphatic carbocycles. The van der Waals surface area contributed by atoms with Crippen LogP contribution >= 0.6 is 0 Å². The van der Waals surface area contributed by atoms with E-state index in [-0.39, 0.29) is 17.9 Å². The molecule has 1 amide bonds. The minimum Gasteiger partial charge on any atom is -0.341 e. The van der Waals surface area contributed by atoms with Gasteiger partial charge in [-0.1, -0.05) is 62.4 Å². The van der Waals surface area contributed by atoms with Gasteiger partial charge in [-0.25, -0.2) is 9.97 Å². The molecule has 2 aromatic carbocycles. The lowest BCUT2D eigenvalue weighted by atomic mass is 10.0. The van der Waals surface area contributed by atoms with Crippen molar-refractivity contribution in [2.24, 2.45) is 11.7 Å². The second-order valence-electron chi connectivity index (χ2n) is 11.6. The largest absolute Gasteiger partial charge is 0.341 e. The number of rotatable bonds is 7. The molecule has 0 saturated carbocycles. The maximum absolute atomic E-state index is 12.9. The van der Waals surface area contributed by atoms with E-state index in [4.69, 9.17) is 5.73 Å². The highest BCUT2D eigenvalue weighted by Gasteiger charge is 2.35. The quantitative estimate of drug-likeness (QED) is 0.303. The number of nitrogens with one attached hydrogen (secondary N) is 2. The first-order chi connectivity index (χ1) is 19.4. The molecule has 2 saturated heterocycles. The molecule has 0 bridgehead atoms. The molecule has 2 aliphatic rings. The molecule has 2 aromatic heterocycles. The van der Waals surface area contributed by atoms with Crippen molar-refractivity contribution in [3.63, 3.8) is 0 Å². The average molecular weight is 536 g/mol. The van der Waals surface area contributed by atoms with Gasteiger partial charge in [0.1, 0.15) is 11.6 Å². The van der Waals surface area contributed by atoms with Crippen molar-refractivity contribution in [2.75, 3.05) is 13.1 Å². The van der Waals surface area contributed by atoms with E-state index in [1.165, 1.54) is 6.42 Å². The Labute approximate surface area is 236 Å². The van der Waals surface area contributed by atoms with Gasteiger partial charge in [-0.15, -0.1) is 0 Å². The summed E-state index contributed by atoms with van der Waals surface area (Å²) < 4.78 is 0. The van der Waals surface area contributed by atoms with Crippen molar-refractivity contribution in [1.29, 1.82) is 0 Å². The molecule has 0 spiro atoms. The smallest absolute Gasteiger partial charge is 0.240 e. The van der Waals surface area contributed by atoms with Crippen LogP contribution in [-0.4, -0.2) is 62.7 Å². The van der Waals surface area contributed by atoms with Crippen LogP contribution in [0.25, 0.3) is 33.6 Å². The van der Waals surface area contributed by atoms with Crippen LogP contribution in [0.5, 0.6) is 0 Å². The van der Waals surface area contributed by atoms with Crippen molar-refractivity contribution in [1.82, 2.24) is 29.6 Å². The number of hydrogen-bond donors (Lipinski definition) is 3. The average Bonchev–Trinajstić information content (AvgIpc) is 3.78. The zero-order valence-electron chi connectivity index (χ0n) is 23.6. The summed E-state index contributed by atoms with van der Waals surface area (Å²) in [6.45, 7) is 5.83. The van der Waals surface area contributed by atoms with Crippen LogP contribution in [0.1, 0.15) is 63.3 Å². The van der Waals surface area contributed by atoms with Crippen LogP contribution in [0.3, 0.4) is 0 Å². The van der Waals surface area contributed by atoms with Crippen LogP contribution in [0, 0.1) is 5.92 Å². The molecular formula is C31H38BN7O. The van der Waals surface area contributed by atoms with Gasteiger partial charge in [-0.2, -0.15) is 0 Å². The van der Waals surface area contributed by atoms with E-state index in [0.717, 1.165) is 77.6 Å². The summed E-state index contributed by atoms with van der Waals surface area (Å²) in [4.78, 5) is 33.6. The molecule has 4 N–H and O–H groups in total. The zero-order valence-corrected chi connectivity index (χ0v) is 23.6. The lowest BCUT2D eigenvalue weighted by molar-refractivity contribution is -0.134. The molecular weight excluding hydrogens is 497 g/mol. The van der Waals surface area contributed by atoms with Crippen LogP contribution in [-0.2, 0) is 4.79 Å². The Bertz CT molecular complexity index is 1460. The Hall–Kier alpha value is -3.69. The monoisotopic (exact) mass is 535 g/mol. The fraction of sp³-hybridized carbons (Fsp3) is 0.387. The third kappa shape index (κ3) is 5.11. The molecule has 6 rings (SSSR count). The number of hydrogen-bond acceptors (Lipinski definition) is 5. The SMILES string of the molecule is BN1CCC[C@@H]1c1ncc(-c2ccc(-c3ccc(-c4cnc([C@@H]5CCCN5C(=O)[C@@H](N)C(C)C)[nH]4)cc3)cc2)[nH]1. The standard InChI is InChI=1S/C31H38BN7O/c1-19(2)28(33)31(40)38-15-3-5-26(38)29-34-17-24(36-29)22-11-7-20(8-12-22)21-9-13-23(14-10-21)25-18-35-30(37-25)27-6-4-16-39(27)32/h7-14,17-19,26-28H,3-6,15-16,32-33H2,1-2H3,(H,34,36)(H,35,37)/t26-,27+,28-/m0/s1. The van der Waals surface area contributed by atoms with Gasteiger partial charge in [-0.3, -0.25) is 4.79 Å². The molecule has 2 fully saturated rings. The highest BCUT2D eigenvalue weighted by Crippen LogP contribution is 2.34. The van der Waals surface area contributed by atoms with E-state index in [9.17, 15) is 4.79 Å². The van der Waals surface area contributed by atoms with Gasteiger partial charge >= 0.3 is 0 Å². The number of nitrogens with zero attached hydrogens (tertiary/aromatic N) is 4. The Kier molecular flexibility index (Phi) is 7.34. The first kappa shape index (κ1) is 26.5. The van der Waals surface area contributed by atoms with Crippen LogP contribution in [0.2, 0.25) is 0 Å². The van der Waals surface area contributed by atoms with Gasteiger partial charge < -0.3 is 25.4 Å². The Morgan fingerprint density at radius 3 is 1.80 bits per heavy atom. The Balaban J connectivity index is 1.14. The third-order valence-electron chi connectivity index (χ3n) is 8.61. The molecule has 0 radical (unpaired) electrons. The summed E-state index contributed by atoms with van der Waals surface area (Å²) in [7, 11) is 2.17. The zero-order chi connectivity index (χ0) is 27.8. The van der Waals surface area contributed by atoms with Crippen molar-refractivity contribution < 1.29 is 4.79 Å². The predicted molar refractivity (Wildman–Crippen MR) is 161 cm³/mol. The Morgan fingerprint density at radius 1 is 0.825 bits per heavy atom. The Morgan fingerprint density at radius 2 is 1.30 bits per heavy atom. The van der Waals surface area contributed by atoms with Gasteiger partial charge in [0.2, 0.25) is 5.91 Å². The lowest BCUT2D eigenvalue weighted by Crippen LogP contribution is -2.46. The van der Waals surface area contributed by atoms with Crippen molar-refractivity contribution in [3.05, 3.63) is 72.6 Å². The molecule has 4 heterocycles. The van der Waals surface area contributed by atoms with Gasteiger partial charge in [0.25, 0.3) is 0 Å². The minimum atomic E-state index is -0.479. The van der Waals surface area contributed by atoms with Gasteiger partial charge in [0, 0.05) is 6.54 Å². The highest BCUT2D eigenvalue weighted by atomic mass is 16.2. The van der Waals surface area contributed by atoms with Gasteiger partial charge in [-0.05, 0) is 60.4 Å². The molecule has 0 unspecified atom stereocenters. The van der Waals surface area contributed by atoms with Gasteiger partial charge in [0.15, 0.2) is 7.98 Å². The maximum Gasteiger partial charge on any atom is 0.240 e. The summed E-state index contributed by atoms with van der Waals surface area (Å²) >= 11 is 0. The molecule has 2 aliphatic heterocycles. The van der Waals surface area contributed by atoms with E-state index in [2.05, 4.69) is 81.3 Å². The summed E-state index contributed by atoms with van der Waals surface area (Å²) in [6.07, 6.45) is 8.05. The topological polar surface area (TPSA) is 107 Å².